The molecule has 34 heavy (non-hydrogen) atoms. The van der Waals surface area contributed by atoms with E-state index in [9.17, 15) is 9.59 Å². The fourth-order valence-electron chi connectivity index (χ4n) is 4.96. The number of ether oxygens (including phenoxy) is 5. The Bertz CT molecular complexity index is 1080. The largest absolute Gasteiger partial charge is 0.497 e. The van der Waals surface area contributed by atoms with Crippen LogP contribution in [-0.2, 0) is 4.74 Å². The quantitative estimate of drug-likeness (QED) is 0.675. The molecule has 0 unspecified atom stereocenters. The highest BCUT2D eigenvalue weighted by Crippen LogP contribution is 2.41. The summed E-state index contributed by atoms with van der Waals surface area (Å²) < 4.78 is 28.1. The molecule has 0 bridgehead atoms. The predicted molar refractivity (Wildman–Crippen MR) is 123 cm³/mol. The highest BCUT2D eigenvalue weighted by atomic mass is 16.7. The number of rotatable bonds is 5. The number of nitrogens with one attached hydrogen (secondary N) is 1. The lowest BCUT2D eigenvalue weighted by Crippen LogP contribution is -2.45. The van der Waals surface area contributed by atoms with Crippen molar-refractivity contribution in [1.82, 2.24) is 5.32 Å². The zero-order valence-electron chi connectivity index (χ0n) is 19.4. The topological polar surface area (TPSA) is 92.3 Å². The van der Waals surface area contributed by atoms with Crippen LogP contribution in [0.25, 0.3) is 0 Å². The summed E-state index contributed by atoms with van der Waals surface area (Å²) >= 11 is 0. The summed E-state index contributed by atoms with van der Waals surface area (Å²) in [5.41, 5.74) is 0.986. The van der Waals surface area contributed by atoms with Gasteiger partial charge in [-0.25, -0.2) is 4.79 Å². The molecule has 8 nitrogen and oxygen atoms in total. The third kappa shape index (κ3) is 4.36. The monoisotopic (exact) mass is 467 g/mol. The van der Waals surface area contributed by atoms with Gasteiger partial charge in [-0.05, 0) is 49.9 Å². The van der Waals surface area contributed by atoms with E-state index in [4.69, 9.17) is 23.7 Å². The molecule has 0 spiro atoms. The van der Waals surface area contributed by atoms with Crippen molar-refractivity contribution >= 4 is 11.9 Å². The maximum Gasteiger partial charge on any atom is 0.408 e. The lowest BCUT2D eigenvalue weighted by molar-refractivity contribution is 0.00749. The average molecular weight is 468 g/mol. The number of carbonyl (C=O) groups is 2. The number of hydrogen-bond acceptors (Lipinski definition) is 7. The molecule has 1 aliphatic carbocycles. The van der Waals surface area contributed by atoms with E-state index >= 15 is 0 Å². The van der Waals surface area contributed by atoms with E-state index in [1.165, 1.54) is 19.3 Å². The minimum atomic E-state index is -1.15. The van der Waals surface area contributed by atoms with Crippen LogP contribution in [0, 0.1) is 5.92 Å². The van der Waals surface area contributed by atoms with Crippen molar-refractivity contribution in [3.8, 4) is 23.0 Å². The van der Waals surface area contributed by atoms with Crippen molar-refractivity contribution in [2.24, 2.45) is 5.92 Å². The van der Waals surface area contributed by atoms with Crippen LogP contribution in [0.15, 0.2) is 36.4 Å². The molecule has 180 valence electrons. The molecule has 2 heterocycles. The second-order valence-electron chi connectivity index (χ2n) is 9.03. The molecule has 0 aromatic heterocycles. The molecule has 1 saturated carbocycles. The van der Waals surface area contributed by atoms with Gasteiger partial charge in [-0.2, -0.15) is 0 Å². The number of carbonyl (C=O) groups excluding carboxylic acids is 2. The molecule has 0 radical (unpaired) electrons. The Labute approximate surface area is 198 Å². The van der Waals surface area contributed by atoms with Crippen molar-refractivity contribution in [2.45, 2.75) is 57.3 Å². The molecule has 1 fully saturated rings. The van der Waals surface area contributed by atoms with Crippen molar-refractivity contribution < 1.29 is 33.3 Å². The van der Waals surface area contributed by atoms with Crippen LogP contribution >= 0.6 is 0 Å². The van der Waals surface area contributed by atoms with Crippen molar-refractivity contribution in [2.75, 3.05) is 13.9 Å². The highest BCUT2D eigenvalue weighted by Gasteiger charge is 2.42. The van der Waals surface area contributed by atoms with E-state index in [1.807, 2.05) is 6.92 Å². The standard InChI is InChI=1S/C26H29NO7/c1-15(16-6-4-3-5-7-16)27-26(29)34-25-23(28)19-10-9-18(30-2)13-21(19)33-24(25)17-8-11-20-22(12-17)32-14-31-20/h8-13,15-16,24-25H,3-7,14H2,1-2H3,(H,27,29)/t15-,24-,25+/m1/s1. The molecule has 3 atom stereocenters. The maximum absolute atomic E-state index is 13.5. The van der Waals surface area contributed by atoms with Crippen molar-refractivity contribution in [3.63, 3.8) is 0 Å². The smallest absolute Gasteiger partial charge is 0.408 e. The molecule has 2 aliphatic heterocycles. The van der Waals surface area contributed by atoms with Gasteiger partial charge >= 0.3 is 6.09 Å². The van der Waals surface area contributed by atoms with Gasteiger partial charge in [0, 0.05) is 17.7 Å². The third-order valence-corrected chi connectivity index (χ3v) is 6.90. The predicted octanol–water partition coefficient (Wildman–Crippen LogP) is 4.80. The van der Waals surface area contributed by atoms with Gasteiger partial charge in [0.1, 0.15) is 11.5 Å². The first-order valence-electron chi connectivity index (χ1n) is 11.8. The number of fused-ring (bicyclic) bond motifs is 2. The number of benzene rings is 2. The van der Waals surface area contributed by atoms with Gasteiger partial charge in [0.05, 0.1) is 12.7 Å². The van der Waals surface area contributed by atoms with Crippen LogP contribution in [0.1, 0.15) is 61.1 Å². The average Bonchev–Trinajstić information content (AvgIpc) is 3.33. The molecule has 2 aromatic carbocycles. The van der Waals surface area contributed by atoms with Crippen LogP contribution in [0.4, 0.5) is 4.79 Å². The third-order valence-electron chi connectivity index (χ3n) is 6.90. The summed E-state index contributed by atoms with van der Waals surface area (Å²) in [6.07, 6.45) is 3.13. The Balaban J connectivity index is 1.41. The SMILES string of the molecule is COc1ccc2c(c1)O[C@H](c1ccc3c(c1)OCO3)[C@@H](OC(=O)N[C@H](C)C1CCCCC1)C2=O. The van der Waals surface area contributed by atoms with E-state index in [0.717, 1.165) is 12.8 Å². The molecule has 1 N–H and O–H groups in total. The van der Waals surface area contributed by atoms with Crippen molar-refractivity contribution in [3.05, 3.63) is 47.5 Å². The molecule has 8 heteroatoms. The fraction of sp³-hybridized carbons (Fsp3) is 0.462. The molecule has 2 aromatic rings. The summed E-state index contributed by atoms with van der Waals surface area (Å²) in [6, 6.07) is 10.2. The van der Waals surface area contributed by atoms with E-state index in [0.29, 0.717) is 40.0 Å². The van der Waals surface area contributed by atoms with Gasteiger partial charge in [0.15, 0.2) is 17.6 Å². The van der Waals surface area contributed by atoms with E-state index in [1.54, 1.807) is 43.5 Å². The number of alkyl carbamates (subject to hydrolysis) is 1. The van der Waals surface area contributed by atoms with Crippen molar-refractivity contribution in [1.29, 1.82) is 0 Å². The van der Waals surface area contributed by atoms with Crippen LogP contribution < -0.4 is 24.3 Å². The van der Waals surface area contributed by atoms with Gasteiger partial charge in [-0.15, -0.1) is 0 Å². The molecule has 1 amide bonds. The van der Waals surface area contributed by atoms with Gasteiger partial charge < -0.3 is 29.0 Å². The number of ketones is 1. The normalized spacial score (nSPS) is 22.4. The summed E-state index contributed by atoms with van der Waals surface area (Å²) in [4.78, 5) is 26.4. The van der Waals surface area contributed by atoms with Gasteiger partial charge in [0.25, 0.3) is 0 Å². The number of amides is 1. The first kappa shape index (κ1) is 22.4. The Morgan fingerprint density at radius 3 is 2.62 bits per heavy atom. The van der Waals surface area contributed by atoms with Crippen LogP contribution in [-0.4, -0.2) is 37.9 Å². The maximum atomic E-state index is 13.5. The number of Topliss-reactive ketones (excluding diaryl/α,β-unsaturated/α-hetero) is 1. The first-order chi connectivity index (χ1) is 16.5. The number of hydrogen-bond donors (Lipinski definition) is 1. The first-order valence-corrected chi connectivity index (χ1v) is 11.8. The molecular formula is C26H29NO7. The minimum Gasteiger partial charge on any atom is -0.497 e. The summed E-state index contributed by atoms with van der Waals surface area (Å²) in [7, 11) is 1.55. The highest BCUT2D eigenvalue weighted by molar-refractivity contribution is 6.04. The van der Waals surface area contributed by atoms with Crippen LogP contribution in [0.5, 0.6) is 23.0 Å². The van der Waals surface area contributed by atoms with E-state index in [-0.39, 0.29) is 18.6 Å². The molecule has 3 aliphatic rings. The second-order valence-corrected chi connectivity index (χ2v) is 9.03. The Hall–Kier alpha value is -3.42. The molecular weight excluding hydrogens is 438 g/mol. The van der Waals surface area contributed by atoms with Crippen LogP contribution in [0.3, 0.4) is 0 Å². The van der Waals surface area contributed by atoms with Gasteiger partial charge in [0.2, 0.25) is 18.7 Å². The number of methoxy groups -OCH3 is 1. The summed E-state index contributed by atoms with van der Waals surface area (Å²) in [5.74, 6) is 2.20. The van der Waals surface area contributed by atoms with Gasteiger partial charge in [-0.1, -0.05) is 25.3 Å². The zero-order valence-corrected chi connectivity index (χ0v) is 19.4. The Morgan fingerprint density at radius 2 is 1.82 bits per heavy atom. The van der Waals surface area contributed by atoms with E-state index in [2.05, 4.69) is 5.32 Å². The minimum absolute atomic E-state index is 0.0343. The zero-order chi connectivity index (χ0) is 23.7. The molecule has 5 rings (SSSR count). The lowest BCUT2D eigenvalue weighted by atomic mass is 9.85. The Morgan fingerprint density at radius 1 is 1.03 bits per heavy atom. The lowest BCUT2D eigenvalue weighted by Gasteiger charge is -2.33. The Kier molecular flexibility index (Phi) is 6.22. The van der Waals surface area contributed by atoms with E-state index < -0.39 is 18.3 Å². The van der Waals surface area contributed by atoms with Gasteiger partial charge in [-0.3, -0.25) is 4.79 Å². The second kappa shape index (κ2) is 9.44. The fourth-order valence-corrected chi connectivity index (χ4v) is 4.96. The van der Waals surface area contributed by atoms with Crippen LogP contribution in [0.2, 0.25) is 0 Å². The summed E-state index contributed by atoms with van der Waals surface area (Å²) in [5, 5.41) is 2.94. The molecule has 0 saturated heterocycles. The summed E-state index contributed by atoms with van der Waals surface area (Å²) in [6.45, 7) is 2.12.